The second kappa shape index (κ2) is 15.6. The number of likely N-dealkylation sites (tertiary alicyclic amines) is 1. The summed E-state index contributed by atoms with van der Waals surface area (Å²) in [6.45, 7) is 8.89. The first-order valence-corrected chi connectivity index (χ1v) is 12.8. The zero-order valence-electron chi connectivity index (χ0n) is 22.0. The van der Waals surface area contributed by atoms with E-state index in [1.165, 1.54) is 29.8 Å². The van der Waals surface area contributed by atoms with Crippen molar-refractivity contribution in [1.29, 1.82) is 0 Å². The molecule has 0 saturated carbocycles. The molecule has 2 heterocycles. The van der Waals surface area contributed by atoms with Gasteiger partial charge in [-0.25, -0.2) is 4.79 Å². The topological polar surface area (TPSA) is 139 Å². The summed E-state index contributed by atoms with van der Waals surface area (Å²) in [7, 11) is 0. The Labute approximate surface area is 217 Å². The highest BCUT2D eigenvalue weighted by atomic mass is 16.5. The molecule has 11 heteroatoms. The summed E-state index contributed by atoms with van der Waals surface area (Å²) in [5.41, 5.74) is -0.518. The van der Waals surface area contributed by atoms with Gasteiger partial charge in [-0.2, -0.15) is 0 Å². The Morgan fingerprint density at radius 3 is 2.57 bits per heavy atom. The highest BCUT2D eigenvalue weighted by Crippen LogP contribution is 2.15. The number of nitrogens with zero attached hydrogens (tertiary/aromatic N) is 2. The van der Waals surface area contributed by atoms with Gasteiger partial charge in [0.05, 0.1) is 6.61 Å². The molecule has 37 heavy (non-hydrogen) atoms. The second-order valence-corrected chi connectivity index (χ2v) is 9.01. The first-order valence-electron chi connectivity index (χ1n) is 12.8. The Kier molecular flexibility index (Phi) is 12.5. The molecule has 1 unspecified atom stereocenters. The first kappa shape index (κ1) is 29.8. The predicted octanol–water partition coefficient (Wildman–Crippen LogP) is 1.04. The van der Waals surface area contributed by atoms with Crippen molar-refractivity contribution in [2.45, 2.75) is 59.0 Å². The third-order valence-corrected chi connectivity index (χ3v) is 6.19. The molecular weight excluding hydrogens is 478 g/mol. The van der Waals surface area contributed by atoms with Crippen LogP contribution in [0.15, 0.2) is 35.3 Å². The molecule has 0 aromatic carbocycles. The molecular formula is C26H39N5O6. The average Bonchev–Trinajstić information content (AvgIpc) is 2.87. The van der Waals surface area contributed by atoms with E-state index in [4.69, 9.17) is 4.74 Å². The van der Waals surface area contributed by atoms with Gasteiger partial charge in [-0.3, -0.25) is 19.2 Å². The summed E-state index contributed by atoms with van der Waals surface area (Å²) in [4.78, 5) is 63.5. The summed E-state index contributed by atoms with van der Waals surface area (Å²) in [6.07, 6.45) is 6.91. The lowest BCUT2D eigenvalue weighted by Gasteiger charge is -2.31. The average molecular weight is 518 g/mol. The number of pyridine rings is 1. The first-order chi connectivity index (χ1) is 17.7. The summed E-state index contributed by atoms with van der Waals surface area (Å²) in [5.74, 6) is -1.31. The monoisotopic (exact) mass is 517 g/mol. The maximum absolute atomic E-state index is 12.9. The van der Waals surface area contributed by atoms with Crippen LogP contribution in [0.25, 0.3) is 0 Å². The van der Waals surface area contributed by atoms with Crippen LogP contribution in [0.4, 0.5) is 5.69 Å². The largest absolute Gasteiger partial charge is 0.463 e. The van der Waals surface area contributed by atoms with E-state index in [0.717, 1.165) is 32.5 Å². The molecule has 1 atom stereocenters. The lowest BCUT2D eigenvalue weighted by molar-refractivity contribution is -0.137. The minimum absolute atomic E-state index is 0.00431. The lowest BCUT2D eigenvalue weighted by atomic mass is 9.97. The van der Waals surface area contributed by atoms with Gasteiger partial charge in [0.15, 0.2) is 0 Å². The van der Waals surface area contributed by atoms with E-state index in [1.54, 1.807) is 19.1 Å². The highest BCUT2D eigenvalue weighted by molar-refractivity contribution is 5.96. The van der Waals surface area contributed by atoms with Gasteiger partial charge in [-0.15, -0.1) is 0 Å². The number of piperidine rings is 1. The summed E-state index contributed by atoms with van der Waals surface area (Å²) in [5, 5.41) is 8.02. The molecule has 1 saturated heterocycles. The maximum atomic E-state index is 12.9. The maximum Gasteiger partial charge on any atom is 0.330 e. The molecule has 1 aliphatic heterocycles. The smallest absolute Gasteiger partial charge is 0.330 e. The molecule has 0 radical (unpaired) electrons. The van der Waals surface area contributed by atoms with E-state index in [0.29, 0.717) is 18.9 Å². The van der Waals surface area contributed by atoms with E-state index < -0.39 is 29.4 Å². The number of allylic oxidation sites excluding steroid dienone is 1. The Hall–Kier alpha value is -3.47. The number of anilines is 1. The van der Waals surface area contributed by atoms with Crippen LogP contribution in [0.5, 0.6) is 0 Å². The van der Waals surface area contributed by atoms with Crippen molar-refractivity contribution in [3.63, 3.8) is 0 Å². The normalized spacial score (nSPS) is 15.2. The van der Waals surface area contributed by atoms with Crippen molar-refractivity contribution in [1.82, 2.24) is 20.1 Å². The van der Waals surface area contributed by atoms with E-state index in [1.807, 2.05) is 0 Å². The van der Waals surface area contributed by atoms with Crippen molar-refractivity contribution in [2.75, 3.05) is 38.1 Å². The Morgan fingerprint density at radius 2 is 1.92 bits per heavy atom. The fourth-order valence-electron chi connectivity index (χ4n) is 4.10. The van der Waals surface area contributed by atoms with E-state index in [2.05, 4.69) is 27.8 Å². The van der Waals surface area contributed by atoms with Crippen LogP contribution in [0.3, 0.4) is 0 Å². The van der Waals surface area contributed by atoms with Crippen LogP contribution in [-0.2, 0) is 30.5 Å². The molecule has 0 bridgehead atoms. The molecule has 1 aromatic rings. The van der Waals surface area contributed by atoms with Crippen LogP contribution < -0.4 is 21.5 Å². The Balaban J connectivity index is 1.93. The Morgan fingerprint density at radius 1 is 1.19 bits per heavy atom. The van der Waals surface area contributed by atoms with Gasteiger partial charge in [0.1, 0.15) is 18.3 Å². The zero-order chi connectivity index (χ0) is 27.2. The number of rotatable bonds is 13. The van der Waals surface area contributed by atoms with Gasteiger partial charge in [0, 0.05) is 25.7 Å². The second-order valence-electron chi connectivity index (χ2n) is 9.01. The van der Waals surface area contributed by atoms with Gasteiger partial charge in [-0.05, 0) is 70.3 Å². The fraction of sp³-hybridized carbons (Fsp3) is 0.577. The number of aromatic nitrogens is 1. The van der Waals surface area contributed by atoms with E-state index >= 15 is 0 Å². The van der Waals surface area contributed by atoms with E-state index in [-0.39, 0.29) is 31.2 Å². The van der Waals surface area contributed by atoms with Gasteiger partial charge < -0.3 is 30.2 Å². The molecule has 1 aromatic heterocycles. The number of hydrogen-bond donors (Lipinski definition) is 3. The lowest BCUT2D eigenvalue weighted by Crippen LogP contribution is -2.44. The molecule has 0 aliphatic carbocycles. The van der Waals surface area contributed by atoms with Crippen molar-refractivity contribution in [3.8, 4) is 0 Å². The van der Waals surface area contributed by atoms with Crippen molar-refractivity contribution in [3.05, 3.63) is 40.8 Å². The summed E-state index contributed by atoms with van der Waals surface area (Å²) < 4.78 is 6.04. The van der Waals surface area contributed by atoms with Crippen molar-refractivity contribution < 1.29 is 23.9 Å². The van der Waals surface area contributed by atoms with Gasteiger partial charge in [0.2, 0.25) is 17.7 Å². The van der Waals surface area contributed by atoms with Crippen LogP contribution >= 0.6 is 0 Å². The number of amides is 3. The molecule has 3 N–H and O–H groups in total. The molecule has 204 valence electrons. The SMILES string of the molecule is CCOC(=O)/C=C/CCC(NC(C)=O)C(=O)Nc1cccn(CC(=O)NCC2CCN(CC)CC2)c1=O. The van der Waals surface area contributed by atoms with Crippen LogP contribution in [0.1, 0.15) is 46.5 Å². The van der Waals surface area contributed by atoms with Gasteiger partial charge >= 0.3 is 5.97 Å². The van der Waals surface area contributed by atoms with Crippen LogP contribution in [0, 0.1) is 5.92 Å². The Bertz CT molecular complexity index is 1010. The predicted molar refractivity (Wildman–Crippen MR) is 140 cm³/mol. The van der Waals surface area contributed by atoms with Crippen molar-refractivity contribution in [2.24, 2.45) is 5.92 Å². The third kappa shape index (κ3) is 10.6. The minimum atomic E-state index is -0.917. The van der Waals surface area contributed by atoms with E-state index in [9.17, 15) is 24.0 Å². The molecule has 11 nitrogen and oxygen atoms in total. The molecule has 1 aliphatic rings. The van der Waals surface area contributed by atoms with Crippen LogP contribution in [-0.4, -0.2) is 72.0 Å². The quantitative estimate of drug-likeness (QED) is 0.262. The van der Waals surface area contributed by atoms with Crippen LogP contribution in [0.2, 0.25) is 0 Å². The number of carbonyl (C=O) groups excluding carboxylic acids is 4. The van der Waals surface area contributed by atoms with Gasteiger partial charge in [-0.1, -0.05) is 13.0 Å². The minimum Gasteiger partial charge on any atom is -0.463 e. The third-order valence-electron chi connectivity index (χ3n) is 6.19. The molecule has 0 spiro atoms. The molecule has 3 amide bonds. The van der Waals surface area contributed by atoms with Crippen molar-refractivity contribution >= 4 is 29.4 Å². The fourth-order valence-corrected chi connectivity index (χ4v) is 4.10. The number of hydrogen-bond acceptors (Lipinski definition) is 7. The molecule has 1 fully saturated rings. The highest BCUT2D eigenvalue weighted by Gasteiger charge is 2.21. The van der Waals surface area contributed by atoms with Gasteiger partial charge in [0.25, 0.3) is 5.56 Å². The number of carbonyl (C=O) groups is 4. The zero-order valence-corrected chi connectivity index (χ0v) is 22.0. The number of ether oxygens (including phenoxy) is 1. The number of esters is 1. The summed E-state index contributed by atoms with van der Waals surface area (Å²) >= 11 is 0. The molecule has 2 rings (SSSR count). The number of nitrogens with one attached hydrogen (secondary N) is 3. The summed E-state index contributed by atoms with van der Waals surface area (Å²) in [6, 6.07) is 2.10. The standard InChI is InChI=1S/C26H39N5O6/c1-4-30-15-12-20(13-16-30)17-27-23(33)18-31-14-8-10-22(26(31)36)29-25(35)21(28-19(3)32)9-6-7-11-24(34)37-5-2/h7-8,10-11,14,20-21H,4-6,9,12-13,15-18H2,1-3H3,(H,27,33)(H,28,32)(H,29,35)/b11-7+.